The number of benzene rings is 1. The topological polar surface area (TPSA) is 102 Å². The number of para-hydroxylation sites is 1. The molecule has 0 atom stereocenters. The Morgan fingerprint density at radius 1 is 1.26 bits per heavy atom. The van der Waals surface area contributed by atoms with E-state index in [2.05, 4.69) is 20.3 Å². The van der Waals surface area contributed by atoms with Crippen LogP contribution in [0.4, 0.5) is 23.0 Å². The molecule has 0 saturated heterocycles. The van der Waals surface area contributed by atoms with E-state index in [-0.39, 0.29) is 17.3 Å². The average Bonchev–Trinajstić information content (AvgIpc) is 3.20. The maximum atomic E-state index is 11.8. The van der Waals surface area contributed by atoms with Crippen molar-refractivity contribution >= 4 is 23.0 Å². The third-order valence-electron chi connectivity index (χ3n) is 4.07. The fraction of sp³-hybridized carbons (Fsp3) is 0.278. The summed E-state index contributed by atoms with van der Waals surface area (Å²) in [6, 6.07) is 9.47. The number of anilines is 3. The number of nitrogens with one attached hydrogen (secondary N) is 1. The molecule has 9 heteroatoms. The Bertz CT molecular complexity index is 869. The fourth-order valence-electron chi connectivity index (χ4n) is 2.81. The van der Waals surface area contributed by atoms with Crippen LogP contribution in [0.2, 0.25) is 0 Å². The molecular weight excluding hydrogens is 346 g/mol. The van der Waals surface area contributed by atoms with Crippen LogP contribution in [0.15, 0.2) is 55.4 Å². The molecule has 3 aromatic rings. The number of aryl methyl sites for hydroxylation is 1. The number of aromatic nitrogens is 4. The highest BCUT2D eigenvalue weighted by Gasteiger charge is 2.27. The molecule has 0 aliphatic rings. The first-order valence-corrected chi connectivity index (χ1v) is 8.72. The largest absolute Gasteiger partial charge is 0.364 e. The molecule has 0 bridgehead atoms. The second kappa shape index (κ2) is 8.75. The lowest BCUT2D eigenvalue weighted by atomic mass is 10.2. The molecule has 0 saturated carbocycles. The first-order valence-electron chi connectivity index (χ1n) is 8.72. The summed E-state index contributed by atoms with van der Waals surface area (Å²) in [5.41, 5.74) is 0.721. The van der Waals surface area contributed by atoms with E-state index >= 15 is 0 Å². The zero-order valence-corrected chi connectivity index (χ0v) is 15.0. The Labute approximate surface area is 156 Å². The molecule has 140 valence electrons. The van der Waals surface area contributed by atoms with Crippen LogP contribution in [0.25, 0.3) is 0 Å². The van der Waals surface area contributed by atoms with E-state index in [4.69, 9.17) is 0 Å². The Morgan fingerprint density at radius 2 is 2.07 bits per heavy atom. The average molecular weight is 367 g/mol. The molecule has 0 unspecified atom stereocenters. The minimum atomic E-state index is -0.431. The molecule has 0 fully saturated rings. The van der Waals surface area contributed by atoms with Gasteiger partial charge in [0.05, 0.1) is 11.3 Å². The van der Waals surface area contributed by atoms with Crippen molar-refractivity contribution in [2.24, 2.45) is 0 Å². The maximum absolute atomic E-state index is 11.8. The van der Waals surface area contributed by atoms with Crippen LogP contribution < -0.4 is 10.2 Å². The standard InChI is InChI=1S/C18H21N7O2/c1-2-24(15-7-4-3-5-8-15)18-16(25(26)27)17(21-13-22-18)20-9-6-11-23-12-10-19-14-23/h3-5,7-8,10,12-14H,2,6,9,11H2,1H3,(H,20,21,22). The van der Waals surface area contributed by atoms with Crippen molar-refractivity contribution in [2.75, 3.05) is 23.3 Å². The molecule has 1 N–H and O–H groups in total. The maximum Gasteiger partial charge on any atom is 0.353 e. The van der Waals surface area contributed by atoms with Crippen LogP contribution in [0.3, 0.4) is 0 Å². The number of hydrogen-bond donors (Lipinski definition) is 1. The van der Waals surface area contributed by atoms with Crippen LogP contribution in [0.5, 0.6) is 0 Å². The molecule has 3 rings (SSSR count). The van der Waals surface area contributed by atoms with E-state index < -0.39 is 4.92 Å². The molecule has 0 aliphatic heterocycles. The van der Waals surface area contributed by atoms with Gasteiger partial charge in [-0.2, -0.15) is 0 Å². The van der Waals surface area contributed by atoms with E-state index in [0.717, 1.165) is 18.7 Å². The fourth-order valence-corrected chi connectivity index (χ4v) is 2.81. The summed E-state index contributed by atoms with van der Waals surface area (Å²) in [5.74, 6) is 0.505. The summed E-state index contributed by atoms with van der Waals surface area (Å²) in [5, 5.41) is 14.8. The summed E-state index contributed by atoms with van der Waals surface area (Å²) in [6.07, 6.45) is 7.47. The summed E-state index contributed by atoms with van der Waals surface area (Å²) < 4.78 is 1.95. The van der Waals surface area contributed by atoms with Gasteiger partial charge in [0.2, 0.25) is 11.6 Å². The van der Waals surface area contributed by atoms with Crippen molar-refractivity contribution in [3.8, 4) is 0 Å². The van der Waals surface area contributed by atoms with Crippen molar-refractivity contribution in [3.05, 3.63) is 65.5 Å². The van der Waals surface area contributed by atoms with Gasteiger partial charge in [-0.1, -0.05) is 18.2 Å². The van der Waals surface area contributed by atoms with Gasteiger partial charge in [0.1, 0.15) is 6.33 Å². The van der Waals surface area contributed by atoms with Crippen LogP contribution >= 0.6 is 0 Å². The molecule has 0 amide bonds. The highest BCUT2D eigenvalue weighted by atomic mass is 16.6. The van der Waals surface area contributed by atoms with Crippen LogP contribution in [-0.2, 0) is 6.54 Å². The minimum Gasteiger partial charge on any atom is -0.364 e. The smallest absolute Gasteiger partial charge is 0.353 e. The van der Waals surface area contributed by atoms with Crippen LogP contribution in [0.1, 0.15) is 13.3 Å². The molecule has 27 heavy (non-hydrogen) atoms. The molecular formula is C18H21N7O2. The first-order chi connectivity index (χ1) is 13.2. The van der Waals surface area contributed by atoms with Gasteiger partial charge in [0.15, 0.2) is 0 Å². The Morgan fingerprint density at radius 3 is 2.74 bits per heavy atom. The molecule has 0 aliphatic carbocycles. The number of nitrogens with zero attached hydrogens (tertiary/aromatic N) is 6. The highest BCUT2D eigenvalue weighted by Crippen LogP contribution is 2.35. The van der Waals surface area contributed by atoms with Crippen molar-refractivity contribution in [1.82, 2.24) is 19.5 Å². The quantitative estimate of drug-likeness (QED) is 0.352. The van der Waals surface area contributed by atoms with Crippen LogP contribution in [-0.4, -0.2) is 37.5 Å². The van der Waals surface area contributed by atoms with Crippen molar-refractivity contribution in [2.45, 2.75) is 19.9 Å². The number of rotatable bonds is 9. The summed E-state index contributed by atoms with van der Waals surface area (Å²) in [6.45, 7) is 3.79. The van der Waals surface area contributed by atoms with Gasteiger partial charge in [-0.05, 0) is 25.5 Å². The summed E-state index contributed by atoms with van der Waals surface area (Å²) in [4.78, 5) is 25.4. The SMILES string of the molecule is CCN(c1ccccc1)c1ncnc(NCCCn2ccnc2)c1[N+](=O)[O-]. The molecule has 1 aromatic carbocycles. The number of nitro groups is 1. The predicted octanol–water partition coefficient (Wildman–Crippen LogP) is 3.24. The third-order valence-corrected chi connectivity index (χ3v) is 4.07. The molecule has 2 heterocycles. The highest BCUT2D eigenvalue weighted by molar-refractivity contribution is 5.75. The van der Waals surface area contributed by atoms with Gasteiger partial charge in [-0.15, -0.1) is 0 Å². The molecule has 0 radical (unpaired) electrons. The van der Waals surface area contributed by atoms with E-state index in [0.29, 0.717) is 13.1 Å². The first kappa shape index (κ1) is 18.3. The second-order valence-electron chi connectivity index (χ2n) is 5.81. The van der Waals surface area contributed by atoms with Crippen LogP contribution in [0, 0.1) is 10.1 Å². The van der Waals surface area contributed by atoms with E-state index in [1.54, 1.807) is 17.4 Å². The Kier molecular flexibility index (Phi) is 5.93. The van der Waals surface area contributed by atoms with E-state index in [1.807, 2.05) is 48.0 Å². The minimum absolute atomic E-state index is 0.120. The van der Waals surface area contributed by atoms with Crippen molar-refractivity contribution < 1.29 is 4.92 Å². The summed E-state index contributed by atoms with van der Waals surface area (Å²) >= 11 is 0. The summed E-state index contributed by atoms with van der Waals surface area (Å²) in [7, 11) is 0. The monoisotopic (exact) mass is 367 g/mol. The Hall–Kier alpha value is -3.49. The second-order valence-corrected chi connectivity index (χ2v) is 5.81. The normalized spacial score (nSPS) is 10.6. The van der Waals surface area contributed by atoms with Gasteiger partial charge >= 0.3 is 5.69 Å². The molecule has 0 spiro atoms. The third kappa shape index (κ3) is 4.38. The van der Waals surface area contributed by atoms with Gasteiger partial charge in [0, 0.05) is 37.7 Å². The van der Waals surface area contributed by atoms with Gasteiger partial charge < -0.3 is 14.8 Å². The Balaban J connectivity index is 1.80. The predicted molar refractivity (Wildman–Crippen MR) is 103 cm³/mol. The molecule has 2 aromatic heterocycles. The lowest BCUT2D eigenvalue weighted by Crippen LogP contribution is -2.20. The number of imidazole rings is 1. The number of hydrogen-bond acceptors (Lipinski definition) is 7. The van der Waals surface area contributed by atoms with E-state index in [9.17, 15) is 10.1 Å². The van der Waals surface area contributed by atoms with Crippen molar-refractivity contribution in [1.29, 1.82) is 0 Å². The lowest BCUT2D eigenvalue weighted by molar-refractivity contribution is -0.383. The van der Waals surface area contributed by atoms with Gasteiger partial charge in [-0.25, -0.2) is 15.0 Å². The zero-order chi connectivity index (χ0) is 19.1. The lowest BCUT2D eigenvalue weighted by Gasteiger charge is -2.22. The van der Waals surface area contributed by atoms with Gasteiger partial charge in [0.25, 0.3) is 0 Å². The zero-order valence-electron chi connectivity index (χ0n) is 15.0. The van der Waals surface area contributed by atoms with Crippen molar-refractivity contribution in [3.63, 3.8) is 0 Å². The molecule has 9 nitrogen and oxygen atoms in total. The van der Waals surface area contributed by atoms with E-state index in [1.165, 1.54) is 6.33 Å². The van der Waals surface area contributed by atoms with Gasteiger partial charge in [-0.3, -0.25) is 10.1 Å².